The number of aromatic nitrogens is 2. The van der Waals surface area contributed by atoms with Gasteiger partial charge in [0.05, 0.1) is 33.2 Å². The summed E-state index contributed by atoms with van der Waals surface area (Å²) in [6.07, 6.45) is 21.2. The van der Waals surface area contributed by atoms with Crippen LogP contribution in [0.3, 0.4) is 0 Å². The van der Waals surface area contributed by atoms with Gasteiger partial charge in [-0.05, 0) is 102 Å². The molecule has 2 aromatic heterocycles. The van der Waals surface area contributed by atoms with Crippen molar-refractivity contribution in [1.82, 2.24) is 9.13 Å². The van der Waals surface area contributed by atoms with Crippen LogP contribution in [0.5, 0.6) is 5.75 Å². The number of hydrogen-bond acceptors (Lipinski definition) is 1. The lowest BCUT2D eigenvalue weighted by Gasteiger charge is -2.39. The van der Waals surface area contributed by atoms with E-state index in [1.807, 2.05) is 12.1 Å². The van der Waals surface area contributed by atoms with Crippen molar-refractivity contribution < 1.29 is 56.7 Å². The average molecular weight is 923 g/mol. The Morgan fingerprint density at radius 2 is 1.03 bits per heavy atom. The van der Waals surface area contributed by atoms with Gasteiger partial charge < -0.3 is 4.74 Å². The first-order chi connectivity index (χ1) is 34.2. The molecule has 10 rings (SSSR count). The topological polar surface area (TPSA) is 25.1 Å². The largest absolute Gasteiger partial charge is 0.553 e. The molecule has 6 aliphatic heterocycles. The van der Waals surface area contributed by atoms with Crippen molar-refractivity contribution in [3.05, 3.63) is 147 Å². The van der Waals surface area contributed by atoms with Gasteiger partial charge in [-0.3, -0.25) is 0 Å². The van der Waals surface area contributed by atoms with Crippen LogP contribution in [0.25, 0.3) is 23.3 Å². The average Bonchev–Trinajstić information content (AvgIpc) is 1.42. The van der Waals surface area contributed by atoms with Crippen LogP contribution in [0, 0.1) is 185 Å². The normalized spacial score (nSPS) is 14.2. The first-order valence-electron chi connectivity index (χ1n) is 20.8. The van der Waals surface area contributed by atoms with Gasteiger partial charge in [-0.25, -0.2) is 0 Å². The van der Waals surface area contributed by atoms with Crippen LogP contribution in [-0.2, 0) is 5.91 Å². The summed E-state index contributed by atoms with van der Waals surface area (Å²) in [4.78, 5) is 0. The molecule has 2 aromatic carbocycles. The maximum Gasteiger partial charge on any atom is 0.553 e. The van der Waals surface area contributed by atoms with E-state index in [0.717, 1.165) is 45.0 Å². The first-order valence-corrected chi connectivity index (χ1v) is 20.8. The molecule has 0 saturated heterocycles. The first kappa shape index (κ1) is 41.3. The molecule has 0 aliphatic carbocycles. The second-order valence-corrected chi connectivity index (χ2v) is 14.7. The van der Waals surface area contributed by atoms with Crippen LogP contribution >= 0.6 is 0 Å². The zero-order chi connectivity index (χ0) is 46.8. The van der Waals surface area contributed by atoms with E-state index in [9.17, 15) is 0 Å². The van der Waals surface area contributed by atoms with E-state index in [-0.39, 0.29) is 42.8 Å². The molecule has 5 nitrogen and oxygen atoms in total. The van der Waals surface area contributed by atoms with E-state index in [0.29, 0.717) is 5.75 Å². The van der Waals surface area contributed by atoms with Gasteiger partial charge in [0.1, 0.15) is 11.9 Å². The summed E-state index contributed by atoms with van der Waals surface area (Å²) in [5.41, 5.74) is 12.7. The molecule has 1 spiro atoms. The summed E-state index contributed by atoms with van der Waals surface area (Å²) in [5.74, 6) is 70.5. The van der Waals surface area contributed by atoms with Crippen molar-refractivity contribution in [2.45, 2.75) is 12.8 Å². The Bertz CT molecular complexity index is 4550. The van der Waals surface area contributed by atoms with Gasteiger partial charge >= 0.3 is 5.91 Å². The molecule has 0 bridgehead atoms. The Morgan fingerprint density at radius 1 is 0.493 bits per heavy atom. The fourth-order valence-electron chi connectivity index (χ4n) is 8.47. The van der Waals surface area contributed by atoms with Crippen LogP contribution < -0.4 is 15.4 Å². The van der Waals surface area contributed by atoms with E-state index in [2.05, 4.69) is 294 Å². The van der Waals surface area contributed by atoms with Gasteiger partial charge in [0.15, 0.2) is 0 Å². The molecule has 0 amide bonds. The van der Waals surface area contributed by atoms with Crippen LogP contribution in [0.1, 0.15) is 70.9 Å². The molecule has 6 aliphatic rings. The fourth-order valence-corrected chi connectivity index (χ4v) is 8.47. The highest BCUT2D eigenvalue weighted by Crippen LogP contribution is 2.49. The van der Waals surface area contributed by atoms with E-state index in [4.69, 9.17) is 11.2 Å². The Labute approximate surface area is 444 Å². The highest BCUT2D eigenvalue weighted by molar-refractivity contribution is 6.27. The molecule has 8 heterocycles. The quantitative estimate of drug-likeness (QED) is 0.148. The number of benzene rings is 2. The summed E-state index contributed by atoms with van der Waals surface area (Å²) in [5, 5.41) is 2.34. The van der Waals surface area contributed by atoms with Crippen molar-refractivity contribution >= 4 is 34.7 Å². The second kappa shape index (κ2) is 18.5. The molecular formula is C64H82N4O+2. The molecule has 0 N–H and O–H groups in total. The number of terminal acetylenes is 1. The minimum atomic E-state index is -0.720. The van der Waals surface area contributed by atoms with Crippen LogP contribution in [0.2, 0.25) is 0 Å². The molecule has 5 heteroatoms. The smallest absolute Gasteiger partial charge is 0.407 e. The predicted molar refractivity (Wildman–Crippen MR) is 331 cm³/mol. The number of rotatable bonds is 3. The van der Waals surface area contributed by atoms with Gasteiger partial charge in [-0.1, -0.05) is 51.1 Å². The van der Waals surface area contributed by atoms with Crippen molar-refractivity contribution in [2.75, 3.05) is 0 Å². The zero-order valence-electron chi connectivity index (χ0n) is 36.2. The monoisotopic (exact) mass is 923 g/mol. The Morgan fingerprint density at radius 3 is 1.61 bits per heavy atom. The Balaban J connectivity index is -0.000000107. The predicted octanol–water partition coefficient (Wildman–Crippen LogP) is 11.3. The molecule has 0 saturated carbocycles. The number of ether oxygens (including phenoxy) is 1. The number of aryl methyl sites for hydroxylation is 1. The molecular weight excluding hydrogens is 841 g/mol. The second-order valence-electron chi connectivity index (χ2n) is 14.7. The summed E-state index contributed by atoms with van der Waals surface area (Å²) in [6.45, 7) is 2.13. The number of nitrogens with zero attached hydrogens (tertiary/aromatic N) is 4. The van der Waals surface area contributed by atoms with E-state index < -0.39 is 5.91 Å². The third-order valence-corrected chi connectivity index (χ3v) is 10.9. The highest BCUT2D eigenvalue weighted by atomic mass is 16.5. The van der Waals surface area contributed by atoms with Crippen molar-refractivity contribution in [3.8, 4) is 184 Å². The van der Waals surface area contributed by atoms with Crippen LogP contribution in [-0.4, -0.2) is 29.7 Å². The Hall–Kier alpha value is -11.8. The third kappa shape index (κ3) is 7.63. The van der Waals surface area contributed by atoms with Gasteiger partial charge in [0.25, 0.3) is 0 Å². The summed E-state index contributed by atoms with van der Waals surface area (Å²) in [6, 6.07) is 25.9. The van der Waals surface area contributed by atoms with Gasteiger partial charge in [0.2, 0.25) is 22.8 Å². The number of hydrogen-bond donors (Lipinski definition) is 0. The van der Waals surface area contributed by atoms with E-state index in [1.165, 1.54) is 27.8 Å². The lowest BCUT2D eigenvalue weighted by Crippen LogP contribution is -2.70. The van der Waals surface area contributed by atoms with Crippen molar-refractivity contribution in [1.29, 1.82) is 0 Å². The third-order valence-electron chi connectivity index (χ3n) is 10.9. The molecule has 362 valence electrons. The molecule has 0 fully saturated rings. The fraction of sp³-hybridized carbons (Fsp3) is 0.0312. The molecule has 0 unspecified atom stereocenters. The molecule has 4 aromatic rings. The molecule has 0 radical (unpaired) electrons. The van der Waals surface area contributed by atoms with Gasteiger partial charge in [-0.15, -0.1) is 6.42 Å². The lowest BCUT2D eigenvalue weighted by atomic mass is 9.95. The highest BCUT2D eigenvalue weighted by Gasteiger charge is 2.71. The minimum Gasteiger partial charge on any atom is -0.407 e. The summed E-state index contributed by atoms with van der Waals surface area (Å²) >= 11 is 0. The van der Waals surface area contributed by atoms with Crippen LogP contribution in [0.4, 0.5) is 0 Å². The van der Waals surface area contributed by atoms with Crippen molar-refractivity contribution in [2.24, 2.45) is 0 Å². The standard InChI is InChI=1S/C64H22N4O.30H2/c1-3-4-5-6-7-8-9-10-11-12-13-14-15-16-17-18-19-20-21-22-23-24-25-26-27-28-29-30-47-69-57-41-35-52(36-42-57)63-60-45-39-55-48-53-37-43-58-62(51-33-31-50(2)32-34-51)59-44-38-54-49-56-40-46-61(63)68(56)64(65(53)58,66(54)59)67(55)60;;;;;;;;;;;;;;;;;;;;;;;;;;;;;;/h1,31-46,48-49H,2H3;30*1H/q+2;;;;;;;;;;;;;;;;;;;;;;;;;;;;;;/t64-;;;;;;;;;;;;;;;;;;;;;;;;;;;;;;/m0............................../s1. The zero-order valence-corrected chi connectivity index (χ0v) is 36.2. The van der Waals surface area contributed by atoms with Crippen molar-refractivity contribution in [3.63, 3.8) is 0 Å². The van der Waals surface area contributed by atoms with E-state index in [1.54, 1.807) is 0 Å². The summed E-state index contributed by atoms with van der Waals surface area (Å²) < 4.78 is 15.8. The summed E-state index contributed by atoms with van der Waals surface area (Å²) in [7, 11) is 0. The maximum atomic E-state index is 5.72. The maximum absolute atomic E-state index is 5.72. The Kier molecular flexibility index (Phi) is 11.1. The molecule has 1 atom stereocenters. The minimum absolute atomic E-state index is 0. The van der Waals surface area contributed by atoms with Gasteiger partial charge in [0, 0.05) is 198 Å². The van der Waals surface area contributed by atoms with Crippen LogP contribution in [0.15, 0.2) is 108 Å². The number of allylic oxidation sites excluding steroid dienone is 4. The molecule has 69 heavy (non-hydrogen) atoms. The SMILES string of the molecule is C#CC#CC#CC#CC#CC#CC#CC#CC#CC#CC#CC#CC#CC#CC#COc1ccc(C2=C3C=CC4=[N+]3[C@@]35n6c(ccc62)C=C2C=CC(=[N+]23)C(c2ccc(C)cc2)=c2ccc(n25)=C4)cc1.[HH].[HH].[HH].[HH].[HH].[HH].[HH].[HH].[HH].[HH].[HH].[HH].[HH].[HH].[HH].[HH].[HH].[HH].[HH].[HH].[HH].[HH].[HH].[HH].[HH].[HH].[HH].[HH].[HH].[HH]. The van der Waals surface area contributed by atoms with Gasteiger partial charge in [-0.2, -0.15) is 9.13 Å². The lowest BCUT2D eigenvalue weighted by molar-refractivity contribution is -0.834. The van der Waals surface area contributed by atoms with E-state index >= 15 is 0 Å².